The SMILES string of the molecule is CCC(CC)(C(N)c1ccc(Cl)cc1F)N1CCCC1. The quantitative estimate of drug-likeness (QED) is 0.885. The summed E-state index contributed by atoms with van der Waals surface area (Å²) in [5.41, 5.74) is 6.91. The number of benzene rings is 1. The monoisotopic (exact) mass is 298 g/mol. The minimum Gasteiger partial charge on any atom is -0.322 e. The molecule has 1 fully saturated rings. The van der Waals surface area contributed by atoms with Crippen LogP contribution in [0.25, 0.3) is 0 Å². The zero-order valence-corrected chi connectivity index (χ0v) is 13.1. The molecule has 1 atom stereocenters. The van der Waals surface area contributed by atoms with Crippen molar-refractivity contribution < 1.29 is 4.39 Å². The van der Waals surface area contributed by atoms with Crippen molar-refractivity contribution in [1.82, 2.24) is 4.90 Å². The summed E-state index contributed by atoms with van der Waals surface area (Å²) >= 11 is 5.84. The van der Waals surface area contributed by atoms with Gasteiger partial charge in [-0.05, 0) is 50.9 Å². The highest BCUT2D eigenvalue weighted by Crippen LogP contribution is 2.39. The molecule has 0 amide bonds. The Kier molecular flexibility index (Phi) is 5.05. The third kappa shape index (κ3) is 2.72. The van der Waals surface area contributed by atoms with Gasteiger partial charge >= 0.3 is 0 Å². The largest absolute Gasteiger partial charge is 0.322 e. The van der Waals surface area contributed by atoms with Crippen molar-refractivity contribution in [1.29, 1.82) is 0 Å². The van der Waals surface area contributed by atoms with E-state index in [4.69, 9.17) is 17.3 Å². The minimum absolute atomic E-state index is 0.162. The van der Waals surface area contributed by atoms with Crippen molar-refractivity contribution in [2.45, 2.75) is 51.1 Å². The highest BCUT2D eigenvalue weighted by Gasteiger charge is 2.41. The molecule has 0 radical (unpaired) electrons. The zero-order valence-electron chi connectivity index (χ0n) is 12.3. The van der Waals surface area contributed by atoms with Gasteiger partial charge in [-0.2, -0.15) is 0 Å². The molecule has 1 saturated heterocycles. The maximum Gasteiger partial charge on any atom is 0.129 e. The number of likely N-dealkylation sites (tertiary alicyclic amines) is 1. The van der Waals surface area contributed by atoms with Crippen LogP contribution in [-0.4, -0.2) is 23.5 Å². The Balaban J connectivity index is 2.37. The fourth-order valence-electron chi connectivity index (χ4n) is 3.54. The standard InChI is InChI=1S/C16H24ClFN2/c1-3-16(4-2,20-9-5-6-10-20)15(19)13-8-7-12(17)11-14(13)18/h7-8,11,15H,3-6,9-10,19H2,1-2H3. The van der Waals surface area contributed by atoms with Gasteiger partial charge in [0.1, 0.15) is 5.82 Å². The lowest BCUT2D eigenvalue weighted by molar-refractivity contribution is 0.0754. The van der Waals surface area contributed by atoms with Crippen LogP contribution in [0.4, 0.5) is 4.39 Å². The average Bonchev–Trinajstić information content (AvgIpc) is 2.95. The second kappa shape index (κ2) is 6.42. The van der Waals surface area contributed by atoms with Crippen LogP contribution < -0.4 is 5.73 Å². The Bertz CT molecular complexity index is 454. The predicted molar refractivity (Wildman–Crippen MR) is 82.5 cm³/mol. The molecular weight excluding hydrogens is 275 g/mol. The van der Waals surface area contributed by atoms with Crippen molar-refractivity contribution >= 4 is 11.6 Å². The fraction of sp³-hybridized carbons (Fsp3) is 0.625. The van der Waals surface area contributed by atoms with Gasteiger partial charge in [0, 0.05) is 16.1 Å². The van der Waals surface area contributed by atoms with E-state index in [1.165, 1.54) is 18.9 Å². The maximum atomic E-state index is 14.2. The van der Waals surface area contributed by atoms with Gasteiger partial charge in [-0.15, -0.1) is 0 Å². The van der Waals surface area contributed by atoms with Crippen LogP contribution in [0.1, 0.15) is 51.1 Å². The van der Waals surface area contributed by atoms with Crippen molar-refractivity contribution in [3.63, 3.8) is 0 Å². The van der Waals surface area contributed by atoms with E-state index in [0.29, 0.717) is 10.6 Å². The Hall–Kier alpha value is -0.640. The second-order valence-electron chi connectivity index (χ2n) is 5.65. The first-order chi connectivity index (χ1) is 9.55. The smallest absolute Gasteiger partial charge is 0.129 e. The number of hydrogen-bond donors (Lipinski definition) is 1. The fourth-order valence-corrected chi connectivity index (χ4v) is 3.70. The molecule has 0 bridgehead atoms. The number of hydrogen-bond acceptors (Lipinski definition) is 2. The van der Waals surface area contributed by atoms with Gasteiger partial charge in [0.15, 0.2) is 0 Å². The average molecular weight is 299 g/mol. The van der Waals surface area contributed by atoms with Crippen molar-refractivity contribution in [2.75, 3.05) is 13.1 Å². The lowest BCUT2D eigenvalue weighted by Gasteiger charge is -2.45. The first-order valence-corrected chi connectivity index (χ1v) is 7.88. The van der Waals surface area contributed by atoms with Crippen LogP contribution in [-0.2, 0) is 0 Å². The predicted octanol–water partition coefficient (Wildman–Crippen LogP) is 4.13. The third-order valence-corrected chi connectivity index (χ3v) is 5.07. The van der Waals surface area contributed by atoms with Crippen LogP contribution in [0, 0.1) is 5.82 Å². The summed E-state index contributed by atoms with van der Waals surface area (Å²) in [6.45, 7) is 6.42. The Morgan fingerprint density at radius 2 is 1.90 bits per heavy atom. The van der Waals surface area contributed by atoms with E-state index >= 15 is 0 Å². The molecule has 0 aromatic heterocycles. The summed E-state index contributed by atoms with van der Waals surface area (Å²) in [5.74, 6) is -0.296. The normalized spacial score (nSPS) is 18.4. The molecule has 1 aliphatic heterocycles. The van der Waals surface area contributed by atoms with E-state index in [-0.39, 0.29) is 17.4 Å². The van der Waals surface area contributed by atoms with E-state index in [9.17, 15) is 4.39 Å². The number of nitrogens with two attached hydrogens (primary N) is 1. The van der Waals surface area contributed by atoms with E-state index in [2.05, 4.69) is 18.7 Å². The molecule has 2 nitrogen and oxygen atoms in total. The Morgan fingerprint density at radius 3 is 2.40 bits per heavy atom. The summed E-state index contributed by atoms with van der Waals surface area (Å²) in [4.78, 5) is 2.45. The zero-order chi connectivity index (χ0) is 14.8. The Labute approximate surface area is 126 Å². The van der Waals surface area contributed by atoms with Crippen LogP contribution >= 0.6 is 11.6 Å². The van der Waals surface area contributed by atoms with Gasteiger partial charge in [-0.3, -0.25) is 4.90 Å². The van der Waals surface area contributed by atoms with E-state index in [0.717, 1.165) is 25.9 Å². The molecular formula is C16H24ClFN2. The minimum atomic E-state index is -0.326. The summed E-state index contributed by atoms with van der Waals surface area (Å²) in [6, 6.07) is 4.49. The van der Waals surface area contributed by atoms with Crippen molar-refractivity contribution in [3.05, 3.63) is 34.6 Å². The third-order valence-electron chi connectivity index (χ3n) is 4.84. The topological polar surface area (TPSA) is 29.3 Å². The molecule has 1 aliphatic rings. The Morgan fingerprint density at radius 1 is 1.30 bits per heavy atom. The molecule has 0 aliphatic carbocycles. The lowest BCUT2D eigenvalue weighted by atomic mass is 9.79. The summed E-state index contributed by atoms with van der Waals surface area (Å²) in [7, 11) is 0. The molecule has 4 heteroatoms. The first kappa shape index (κ1) is 15.7. The van der Waals surface area contributed by atoms with E-state index in [1.54, 1.807) is 12.1 Å². The van der Waals surface area contributed by atoms with Gasteiger partial charge in [0.25, 0.3) is 0 Å². The molecule has 0 saturated carbocycles. The van der Waals surface area contributed by atoms with Crippen LogP contribution in [0.5, 0.6) is 0 Å². The lowest BCUT2D eigenvalue weighted by Crippen LogP contribution is -2.54. The number of halogens is 2. The van der Waals surface area contributed by atoms with Crippen molar-refractivity contribution in [2.24, 2.45) is 5.73 Å². The number of nitrogens with zero attached hydrogens (tertiary/aromatic N) is 1. The first-order valence-electron chi connectivity index (χ1n) is 7.50. The molecule has 112 valence electrons. The molecule has 20 heavy (non-hydrogen) atoms. The van der Waals surface area contributed by atoms with Crippen LogP contribution in [0.2, 0.25) is 5.02 Å². The molecule has 1 heterocycles. The number of rotatable bonds is 5. The van der Waals surface area contributed by atoms with E-state index in [1.807, 2.05) is 0 Å². The van der Waals surface area contributed by atoms with Gasteiger partial charge < -0.3 is 5.73 Å². The molecule has 1 aromatic carbocycles. The highest BCUT2D eigenvalue weighted by molar-refractivity contribution is 6.30. The molecule has 1 unspecified atom stereocenters. The molecule has 0 spiro atoms. The van der Waals surface area contributed by atoms with Crippen molar-refractivity contribution in [3.8, 4) is 0 Å². The van der Waals surface area contributed by atoms with Gasteiger partial charge in [0.05, 0.1) is 6.04 Å². The molecule has 2 rings (SSSR count). The summed E-state index contributed by atoms with van der Waals surface area (Å²) in [5, 5.41) is 0.415. The maximum absolute atomic E-state index is 14.2. The summed E-state index contributed by atoms with van der Waals surface area (Å²) < 4.78 is 14.2. The van der Waals surface area contributed by atoms with E-state index < -0.39 is 0 Å². The second-order valence-corrected chi connectivity index (χ2v) is 6.08. The molecule has 1 aromatic rings. The molecule has 2 N–H and O–H groups in total. The van der Waals surface area contributed by atoms with Gasteiger partial charge in [-0.1, -0.05) is 31.5 Å². The highest BCUT2D eigenvalue weighted by atomic mass is 35.5. The van der Waals surface area contributed by atoms with Crippen LogP contribution in [0.3, 0.4) is 0 Å². The van der Waals surface area contributed by atoms with Crippen LogP contribution in [0.15, 0.2) is 18.2 Å². The van der Waals surface area contributed by atoms with Gasteiger partial charge in [-0.25, -0.2) is 4.39 Å². The summed E-state index contributed by atoms with van der Waals surface area (Å²) in [6.07, 6.45) is 4.26. The van der Waals surface area contributed by atoms with Gasteiger partial charge in [0.2, 0.25) is 0 Å².